The minimum atomic E-state index is -0.156. The number of benzene rings is 1. The smallest absolute Gasteiger partial charge is 0.191 e. The van der Waals surface area contributed by atoms with Crippen molar-refractivity contribution in [3.63, 3.8) is 0 Å². The van der Waals surface area contributed by atoms with Gasteiger partial charge in [0.15, 0.2) is 5.96 Å². The van der Waals surface area contributed by atoms with Crippen LogP contribution in [0.2, 0.25) is 0 Å². The third-order valence-corrected chi connectivity index (χ3v) is 5.99. The fourth-order valence-corrected chi connectivity index (χ4v) is 3.97. The number of piperazine rings is 1. The van der Waals surface area contributed by atoms with Gasteiger partial charge in [-0.3, -0.25) is 4.99 Å². The van der Waals surface area contributed by atoms with Crippen molar-refractivity contribution in [2.45, 2.75) is 26.3 Å². The molecule has 0 aliphatic carbocycles. The molecule has 7 nitrogen and oxygen atoms in total. The number of halogens is 2. The lowest BCUT2D eigenvalue weighted by Crippen LogP contribution is -2.46. The highest BCUT2D eigenvalue weighted by atomic mass is 127. The van der Waals surface area contributed by atoms with Crippen LogP contribution < -0.4 is 15.5 Å². The molecule has 2 aliphatic heterocycles. The molecule has 2 heterocycles. The number of guanidine groups is 1. The second kappa shape index (κ2) is 14.9. The monoisotopic (exact) mass is 563 g/mol. The number of ether oxygens (including phenoxy) is 2. The standard InChI is InChI=1S/C23H38FN5O2.HI/c1-3-28-9-11-29(12-10-28)22-6-5-19(15-21(22)24)16-27-23(25-2)26-8-4-13-30-17-20-7-14-31-18-20;/h5-6,15,20H,3-4,7-14,16-18H2,1-2H3,(H2,25,26,27);1H. The predicted molar refractivity (Wildman–Crippen MR) is 139 cm³/mol. The third-order valence-electron chi connectivity index (χ3n) is 5.99. The molecule has 2 saturated heterocycles. The zero-order chi connectivity index (χ0) is 21.9. The van der Waals surface area contributed by atoms with Crippen LogP contribution in [0.25, 0.3) is 0 Å². The third kappa shape index (κ3) is 8.64. The Balaban J connectivity index is 0.00000363. The van der Waals surface area contributed by atoms with E-state index < -0.39 is 0 Å². The summed E-state index contributed by atoms with van der Waals surface area (Å²) in [6.07, 6.45) is 2.01. The summed E-state index contributed by atoms with van der Waals surface area (Å²) >= 11 is 0. The molecule has 1 aromatic rings. The molecule has 1 atom stereocenters. The van der Waals surface area contributed by atoms with E-state index in [1.165, 1.54) is 0 Å². The van der Waals surface area contributed by atoms with Gasteiger partial charge in [-0.15, -0.1) is 24.0 Å². The van der Waals surface area contributed by atoms with Crippen LogP contribution in [0.5, 0.6) is 0 Å². The minimum absolute atomic E-state index is 0. The van der Waals surface area contributed by atoms with Crippen molar-refractivity contribution in [2.75, 3.05) is 77.6 Å². The molecule has 2 N–H and O–H groups in total. The number of nitrogens with zero attached hydrogens (tertiary/aromatic N) is 3. The molecule has 32 heavy (non-hydrogen) atoms. The summed E-state index contributed by atoms with van der Waals surface area (Å²) in [4.78, 5) is 8.77. The molecule has 2 fully saturated rings. The van der Waals surface area contributed by atoms with Gasteiger partial charge in [-0.1, -0.05) is 13.0 Å². The Morgan fingerprint density at radius 1 is 1.25 bits per heavy atom. The van der Waals surface area contributed by atoms with Crippen LogP contribution in [0.1, 0.15) is 25.3 Å². The highest BCUT2D eigenvalue weighted by Gasteiger charge is 2.18. The van der Waals surface area contributed by atoms with E-state index in [1.807, 2.05) is 12.1 Å². The average Bonchev–Trinajstić information content (AvgIpc) is 3.32. The van der Waals surface area contributed by atoms with Crippen molar-refractivity contribution in [3.8, 4) is 0 Å². The summed E-state index contributed by atoms with van der Waals surface area (Å²) in [7, 11) is 1.74. The van der Waals surface area contributed by atoms with Gasteiger partial charge >= 0.3 is 0 Å². The van der Waals surface area contributed by atoms with E-state index in [-0.39, 0.29) is 29.8 Å². The highest BCUT2D eigenvalue weighted by Crippen LogP contribution is 2.22. The van der Waals surface area contributed by atoms with Gasteiger partial charge in [0.1, 0.15) is 5.82 Å². The number of anilines is 1. The molecular formula is C23H39FIN5O2. The van der Waals surface area contributed by atoms with Gasteiger partial charge in [-0.05, 0) is 37.1 Å². The number of rotatable bonds is 10. The van der Waals surface area contributed by atoms with Crippen LogP contribution in [-0.2, 0) is 16.0 Å². The first-order chi connectivity index (χ1) is 15.2. The van der Waals surface area contributed by atoms with Crippen LogP contribution in [0.4, 0.5) is 10.1 Å². The second-order valence-electron chi connectivity index (χ2n) is 8.22. The lowest BCUT2D eigenvalue weighted by Gasteiger charge is -2.35. The SMILES string of the molecule is CCN1CCN(c2ccc(CNC(=NC)NCCCOCC3CCOC3)cc2F)CC1.I. The Morgan fingerprint density at radius 2 is 2.06 bits per heavy atom. The molecule has 0 amide bonds. The minimum Gasteiger partial charge on any atom is -0.381 e. The Morgan fingerprint density at radius 3 is 2.72 bits per heavy atom. The number of aliphatic imine (C=N–C) groups is 1. The summed E-state index contributed by atoms with van der Waals surface area (Å²) in [5.74, 6) is 1.11. The topological polar surface area (TPSA) is 61.4 Å². The first-order valence-corrected chi connectivity index (χ1v) is 11.5. The first kappa shape index (κ1) is 27.1. The molecule has 1 aromatic carbocycles. The van der Waals surface area contributed by atoms with Crippen molar-refractivity contribution >= 4 is 35.6 Å². The van der Waals surface area contributed by atoms with Crippen LogP contribution in [0.15, 0.2) is 23.2 Å². The summed E-state index contributed by atoms with van der Waals surface area (Å²) < 4.78 is 25.8. The normalized spacial score (nSPS) is 19.7. The van der Waals surface area contributed by atoms with Gasteiger partial charge in [0, 0.05) is 65.4 Å². The lowest BCUT2D eigenvalue weighted by atomic mass is 10.1. The molecule has 182 valence electrons. The lowest BCUT2D eigenvalue weighted by molar-refractivity contribution is 0.0888. The van der Waals surface area contributed by atoms with Gasteiger partial charge in [-0.2, -0.15) is 0 Å². The summed E-state index contributed by atoms with van der Waals surface area (Å²) in [5.41, 5.74) is 1.60. The zero-order valence-electron chi connectivity index (χ0n) is 19.4. The summed E-state index contributed by atoms with van der Waals surface area (Å²) in [5, 5.41) is 6.54. The first-order valence-electron chi connectivity index (χ1n) is 11.5. The molecule has 1 unspecified atom stereocenters. The number of nitrogens with one attached hydrogen (secondary N) is 2. The molecule has 3 rings (SSSR count). The molecule has 0 saturated carbocycles. The highest BCUT2D eigenvalue weighted by molar-refractivity contribution is 14.0. The van der Waals surface area contributed by atoms with Gasteiger partial charge in [0.25, 0.3) is 0 Å². The fraction of sp³-hybridized carbons (Fsp3) is 0.696. The molecule has 0 spiro atoms. The average molecular weight is 564 g/mol. The van der Waals surface area contributed by atoms with E-state index in [9.17, 15) is 4.39 Å². The Labute approximate surface area is 209 Å². The maximum absolute atomic E-state index is 14.7. The maximum Gasteiger partial charge on any atom is 0.191 e. The van der Waals surface area contributed by atoms with E-state index in [0.717, 1.165) is 84.1 Å². The van der Waals surface area contributed by atoms with Gasteiger partial charge in [0.2, 0.25) is 0 Å². The molecular weight excluding hydrogens is 524 g/mol. The zero-order valence-corrected chi connectivity index (χ0v) is 21.8. The van der Waals surface area contributed by atoms with Gasteiger partial charge in [-0.25, -0.2) is 4.39 Å². The van der Waals surface area contributed by atoms with Crippen molar-refractivity contribution in [3.05, 3.63) is 29.6 Å². The number of likely N-dealkylation sites (N-methyl/N-ethyl adjacent to an activating group) is 1. The van der Waals surface area contributed by atoms with E-state index in [4.69, 9.17) is 9.47 Å². The fourth-order valence-electron chi connectivity index (χ4n) is 3.97. The van der Waals surface area contributed by atoms with Crippen LogP contribution in [-0.4, -0.2) is 83.6 Å². The largest absolute Gasteiger partial charge is 0.381 e. The summed E-state index contributed by atoms with van der Waals surface area (Å²) in [6.45, 7) is 11.4. The van der Waals surface area contributed by atoms with Gasteiger partial charge < -0.3 is 29.9 Å². The van der Waals surface area contributed by atoms with Crippen molar-refractivity contribution in [2.24, 2.45) is 10.9 Å². The molecule has 9 heteroatoms. The number of hydrogen-bond acceptors (Lipinski definition) is 5. The molecule has 2 aliphatic rings. The van der Waals surface area contributed by atoms with E-state index in [2.05, 4.69) is 32.3 Å². The van der Waals surface area contributed by atoms with Crippen LogP contribution >= 0.6 is 24.0 Å². The van der Waals surface area contributed by atoms with E-state index >= 15 is 0 Å². The van der Waals surface area contributed by atoms with Crippen molar-refractivity contribution < 1.29 is 13.9 Å². The molecule has 0 aromatic heterocycles. The van der Waals surface area contributed by atoms with Crippen molar-refractivity contribution in [1.29, 1.82) is 0 Å². The Bertz CT molecular complexity index is 695. The van der Waals surface area contributed by atoms with Crippen LogP contribution in [0, 0.1) is 11.7 Å². The van der Waals surface area contributed by atoms with Crippen molar-refractivity contribution in [1.82, 2.24) is 15.5 Å². The quantitative estimate of drug-likeness (QED) is 0.198. The number of hydrogen-bond donors (Lipinski definition) is 2. The maximum atomic E-state index is 14.7. The van der Waals surface area contributed by atoms with E-state index in [1.54, 1.807) is 13.1 Å². The van der Waals surface area contributed by atoms with Crippen LogP contribution in [0.3, 0.4) is 0 Å². The van der Waals surface area contributed by atoms with Gasteiger partial charge in [0.05, 0.1) is 18.9 Å². The molecule has 0 radical (unpaired) electrons. The Kier molecular flexibility index (Phi) is 12.6. The summed E-state index contributed by atoms with van der Waals surface area (Å²) in [6, 6.07) is 5.52. The Hall–Kier alpha value is -1.17. The predicted octanol–water partition coefficient (Wildman–Crippen LogP) is 2.69. The molecule has 0 bridgehead atoms. The second-order valence-corrected chi connectivity index (χ2v) is 8.22. The van der Waals surface area contributed by atoms with E-state index in [0.29, 0.717) is 24.1 Å².